The Balaban J connectivity index is 2.09. The van der Waals surface area contributed by atoms with Crippen LogP contribution in [0.25, 0.3) is 11.5 Å². The van der Waals surface area contributed by atoms with Crippen molar-refractivity contribution in [2.24, 2.45) is 0 Å². The van der Waals surface area contributed by atoms with Crippen molar-refractivity contribution in [3.8, 4) is 11.5 Å². The first-order valence-corrected chi connectivity index (χ1v) is 7.05. The monoisotopic (exact) mass is 332 g/mol. The first-order chi connectivity index (χ1) is 11.4. The summed E-state index contributed by atoms with van der Waals surface area (Å²) in [5.74, 6) is -1.10. The van der Waals surface area contributed by atoms with Crippen molar-refractivity contribution in [3.63, 3.8) is 0 Å². The van der Waals surface area contributed by atoms with E-state index in [-0.39, 0.29) is 17.3 Å². The van der Waals surface area contributed by atoms with E-state index >= 15 is 0 Å². The lowest BCUT2D eigenvalue weighted by molar-refractivity contribution is -0.128. The van der Waals surface area contributed by atoms with Crippen molar-refractivity contribution >= 4 is 18.0 Å². The number of rotatable bonds is 4. The van der Waals surface area contributed by atoms with Gasteiger partial charge in [0, 0.05) is 5.56 Å². The molecule has 0 aliphatic rings. The van der Waals surface area contributed by atoms with Gasteiger partial charge in [-0.05, 0) is 26.0 Å². The van der Waals surface area contributed by atoms with Crippen molar-refractivity contribution in [2.75, 3.05) is 7.11 Å². The van der Waals surface area contributed by atoms with Gasteiger partial charge in [-0.2, -0.15) is 0 Å². The maximum absolute atomic E-state index is 12.1. The highest BCUT2D eigenvalue weighted by Crippen LogP contribution is 2.22. The van der Waals surface area contributed by atoms with Crippen LogP contribution in [0.5, 0.6) is 0 Å². The molecular formula is C16H16N2O6. The summed E-state index contributed by atoms with van der Waals surface area (Å²) in [5.41, 5.74) is 0.669. The zero-order valence-electron chi connectivity index (χ0n) is 13.4. The molecular weight excluding hydrogens is 316 g/mol. The van der Waals surface area contributed by atoms with E-state index in [1.54, 1.807) is 19.1 Å². The highest BCUT2D eigenvalue weighted by atomic mass is 16.6. The Hall–Kier alpha value is -3.16. The molecule has 2 aromatic rings. The van der Waals surface area contributed by atoms with Crippen LogP contribution in [0.3, 0.4) is 0 Å². The summed E-state index contributed by atoms with van der Waals surface area (Å²) < 4.78 is 14.7. The van der Waals surface area contributed by atoms with E-state index in [1.807, 2.05) is 23.5 Å². The molecule has 1 heterocycles. The van der Waals surface area contributed by atoms with E-state index in [2.05, 4.69) is 9.72 Å². The highest BCUT2D eigenvalue weighted by molar-refractivity contribution is 5.96. The number of carbonyl (C=O) groups is 3. The molecule has 1 aromatic carbocycles. The van der Waals surface area contributed by atoms with Gasteiger partial charge in [-0.15, -0.1) is 0 Å². The quantitative estimate of drug-likeness (QED) is 0.854. The third kappa shape index (κ3) is 3.97. The number of carbonyl (C=O) groups excluding carboxylic acids is 3. The van der Waals surface area contributed by atoms with Gasteiger partial charge in [-0.25, -0.2) is 14.6 Å². The summed E-state index contributed by atoms with van der Waals surface area (Å²) in [6, 6.07) is 9.04. The van der Waals surface area contributed by atoms with E-state index in [9.17, 15) is 14.4 Å². The van der Waals surface area contributed by atoms with Crippen molar-refractivity contribution < 1.29 is 28.3 Å². The fraction of sp³-hybridized carbons (Fsp3) is 0.250. The number of esters is 1. The summed E-state index contributed by atoms with van der Waals surface area (Å²) in [7, 11) is 1.11. The number of nitrogens with one attached hydrogen (secondary N) is 1. The second-order valence-corrected chi connectivity index (χ2v) is 4.82. The number of hydrogen-bond donors (Lipinski definition) is 1. The number of hydrogen-bond acceptors (Lipinski definition) is 7. The molecule has 1 aromatic heterocycles. The number of imide groups is 1. The second kappa shape index (κ2) is 7.40. The molecule has 2 amide bonds. The predicted octanol–water partition coefficient (Wildman–Crippen LogP) is 2.08. The molecule has 0 aliphatic carbocycles. The van der Waals surface area contributed by atoms with Crippen molar-refractivity contribution in [3.05, 3.63) is 41.8 Å². The molecule has 24 heavy (non-hydrogen) atoms. The Morgan fingerprint density at radius 3 is 2.50 bits per heavy atom. The maximum Gasteiger partial charge on any atom is 0.413 e. The highest BCUT2D eigenvalue weighted by Gasteiger charge is 2.25. The largest absolute Gasteiger partial charge is 0.453 e. The molecule has 2 rings (SSSR count). The molecule has 0 fully saturated rings. The molecule has 0 aliphatic heterocycles. The number of alkyl carbamates (subject to hydrolysis) is 1. The van der Waals surface area contributed by atoms with Crippen LogP contribution in [0.4, 0.5) is 4.79 Å². The lowest BCUT2D eigenvalue weighted by atomic mass is 10.2. The normalized spacial score (nSPS) is 11.5. The van der Waals surface area contributed by atoms with Gasteiger partial charge in [-0.3, -0.25) is 10.1 Å². The Bertz CT molecular complexity index is 753. The van der Waals surface area contributed by atoms with Gasteiger partial charge in [0.15, 0.2) is 11.8 Å². The topological polar surface area (TPSA) is 108 Å². The first kappa shape index (κ1) is 17.2. The lowest BCUT2D eigenvalue weighted by Crippen LogP contribution is -2.39. The van der Waals surface area contributed by atoms with Crippen LogP contribution in [0, 0.1) is 6.92 Å². The van der Waals surface area contributed by atoms with E-state index in [0.29, 0.717) is 5.56 Å². The van der Waals surface area contributed by atoms with Crippen molar-refractivity contribution in [1.82, 2.24) is 10.3 Å². The molecule has 8 nitrogen and oxygen atoms in total. The molecule has 0 saturated carbocycles. The van der Waals surface area contributed by atoms with Crippen molar-refractivity contribution in [1.29, 1.82) is 0 Å². The van der Waals surface area contributed by atoms with Gasteiger partial charge in [0.25, 0.3) is 5.91 Å². The van der Waals surface area contributed by atoms with Crippen molar-refractivity contribution in [2.45, 2.75) is 20.0 Å². The first-order valence-electron chi connectivity index (χ1n) is 7.05. The zero-order chi connectivity index (χ0) is 17.7. The summed E-state index contributed by atoms with van der Waals surface area (Å²) in [6.45, 7) is 2.89. The van der Waals surface area contributed by atoms with E-state index in [4.69, 9.17) is 9.15 Å². The SMILES string of the molecule is COC(=O)NC(=O)[C@H](C)OC(=O)c1nc(-c2ccccc2)oc1C. The van der Waals surface area contributed by atoms with Crippen LogP contribution in [-0.4, -0.2) is 36.2 Å². The number of aryl methyl sites for hydroxylation is 1. The van der Waals surface area contributed by atoms with Gasteiger partial charge >= 0.3 is 12.1 Å². The second-order valence-electron chi connectivity index (χ2n) is 4.82. The minimum atomic E-state index is -1.20. The smallest absolute Gasteiger partial charge is 0.413 e. The number of amides is 2. The van der Waals surface area contributed by atoms with Crippen LogP contribution in [-0.2, 0) is 14.3 Å². The average molecular weight is 332 g/mol. The van der Waals surface area contributed by atoms with E-state index in [1.165, 1.54) is 6.92 Å². The Kier molecular flexibility index (Phi) is 5.31. The van der Waals surface area contributed by atoms with E-state index in [0.717, 1.165) is 7.11 Å². The Labute approximate surface area is 137 Å². The van der Waals surface area contributed by atoms with Crippen LogP contribution in [0.15, 0.2) is 34.7 Å². The molecule has 0 radical (unpaired) electrons. The summed E-state index contributed by atoms with van der Waals surface area (Å²) in [6.07, 6.45) is -2.14. The molecule has 0 spiro atoms. The Morgan fingerprint density at radius 2 is 1.88 bits per heavy atom. The number of aromatic nitrogens is 1. The van der Waals surface area contributed by atoms with E-state index < -0.39 is 24.1 Å². The summed E-state index contributed by atoms with van der Waals surface area (Å²) >= 11 is 0. The van der Waals surface area contributed by atoms with Gasteiger partial charge in [0.1, 0.15) is 5.76 Å². The number of methoxy groups -OCH3 is 1. The fourth-order valence-corrected chi connectivity index (χ4v) is 1.81. The minimum Gasteiger partial charge on any atom is -0.453 e. The molecule has 0 unspecified atom stereocenters. The van der Waals surface area contributed by atoms with Crippen LogP contribution in [0.2, 0.25) is 0 Å². The summed E-state index contributed by atoms with van der Waals surface area (Å²) in [5, 5.41) is 1.91. The minimum absolute atomic E-state index is 0.0356. The number of benzene rings is 1. The molecule has 8 heteroatoms. The standard InChI is InChI=1S/C16H16N2O6/c1-9-12(17-14(23-9)11-7-5-4-6-8-11)15(20)24-10(2)13(19)18-16(21)22-3/h4-8,10H,1-3H3,(H,18,19,21)/t10-/m0/s1. The van der Waals surface area contributed by atoms with Gasteiger partial charge in [0.2, 0.25) is 5.89 Å². The maximum atomic E-state index is 12.1. The fourth-order valence-electron chi connectivity index (χ4n) is 1.81. The van der Waals surface area contributed by atoms with Gasteiger partial charge in [-0.1, -0.05) is 18.2 Å². The average Bonchev–Trinajstić information content (AvgIpc) is 2.97. The van der Waals surface area contributed by atoms with Gasteiger partial charge in [0.05, 0.1) is 7.11 Å². The molecule has 126 valence electrons. The third-order valence-electron chi connectivity index (χ3n) is 3.07. The molecule has 0 bridgehead atoms. The molecule has 1 atom stereocenters. The lowest BCUT2D eigenvalue weighted by Gasteiger charge is -2.11. The number of oxazole rings is 1. The predicted molar refractivity (Wildman–Crippen MR) is 82.1 cm³/mol. The Morgan fingerprint density at radius 1 is 1.21 bits per heavy atom. The van der Waals surface area contributed by atoms with Crippen LogP contribution in [0.1, 0.15) is 23.2 Å². The molecule has 0 saturated heterocycles. The molecule has 1 N–H and O–H groups in total. The van der Waals surface area contributed by atoms with Gasteiger partial charge < -0.3 is 13.9 Å². The van der Waals surface area contributed by atoms with Crippen LogP contribution >= 0.6 is 0 Å². The summed E-state index contributed by atoms with van der Waals surface area (Å²) in [4.78, 5) is 38.9. The number of ether oxygens (including phenoxy) is 2. The zero-order valence-corrected chi connectivity index (χ0v) is 13.4. The number of nitrogens with zero attached hydrogens (tertiary/aromatic N) is 1. The van der Waals surface area contributed by atoms with Crippen LogP contribution < -0.4 is 5.32 Å². The third-order valence-corrected chi connectivity index (χ3v) is 3.07.